The van der Waals surface area contributed by atoms with Gasteiger partial charge in [-0.1, -0.05) is 18.2 Å². The highest BCUT2D eigenvalue weighted by atomic mass is 16.1. The first-order chi connectivity index (χ1) is 10.8. The third-order valence-electron chi connectivity index (χ3n) is 3.21. The van der Waals surface area contributed by atoms with Gasteiger partial charge >= 0.3 is 0 Å². The van der Waals surface area contributed by atoms with Crippen LogP contribution in [0.4, 0.5) is 5.69 Å². The highest BCUT2D eigenvalue weighted by Crippen LogP contribution is 2.10. The summed E-state index contributed by atoms with van der Waals surface area (Å²) < 4.78 is 1.42. The van der Waals surface area contributed by atoms with Gasteiger partial charge in [0, 0.05) is 19.0 Å². The first-order valence-corrected chi connectivity index (χ1v) is 6.92. The molecule has 0 aliphatic rings. The topological polar surface area (TPSA) is 59.8 Å². The van der Waals surface area contributed by atoms with Crippen LogP contribution in [0.1, 0.15) is 12.2 Å². The van der Waals surface area contributed by atoms with E-state index in [9.17, 15) is 4.79 Å². The van der Waals surface area contributed by atoms with Gasteiger partial charge in [-0.3, -0.25) is 10.2 Å². The SMILES string of the molecule is C#CCCc1nc2cccnc2c(=O)n1Nc1ccccc1. The van der Waals surface area contributed by atoms with Crippen molar-refractivity contribution in [2.24, 2.45) is 0 Å². The van der Waals surface area contributed by atoms with Gasteiger partial charge in [-0.2, -0.15) is 0 Å². The number of benzene rings is 1. The number of anilines is 1. The Labute approximate surface area is 127 Å². The second-order valence-electron chi connectivity index (χ2n) is 4.72. The lowest BCUT2D eigenvalue weighted by molar-refractivity contribution is 0.759. The van der Waals surface area contributed by atoms with Crippen LogP contribution < -0.4 is 11.0 Å². The second kappa shape index (κ2) is 6.10. The summed E-state index contributed by atoms with van der Waals surface area (Å²) in [5.74, 6) is 3.17. The molecule has 0 saturated carbocycles. The van der Waals surface area contributed by atoms with Crippen LogP contribution in [0, 0.1) is 12.3 Å². The second-order valence-corrected chi connectivity index (χ2v) is 4.72. The van der Waals surface area contributed by atoms with Crippen LogP contribution in [0.3, 0.4) is 0 Å². The largest absolute Gasteiger partial charge is 0.298 e. The number of nitrogens with one attached hydrogen (secondary N) is 1. The normalized spacial score (nSPS) is 10.3. The summed E-state index contributed by atoms with van der Waals surface area (Å²) in [7, 11) is 0. The van der Waals surface area contributed by atoms with Crippen LogP contribution in [0.2, 0.25) is 0 Å². The molecule has 108 valence electrons. The maximum atomic E-state index is 12.7. The third kappa shape index (κ3) is 2.67. The third-order valence-corrected chi connectivity index (χ3v) is 3.21. The molecule has 1 aromatic carbocycles. The fraction of sp³-hybridized carbons (Fsp3) is 0.118. The van der Waals surface area contributed by atoms with Gasteiger partial charge < -0.3 is 0 Å². The van der Waals surface area contributed by atoms with Crippen molar-refractivity contribution in [1.29, 1.82) is 0 Å². The van der Waals surface area contributed by atoms with Crippen LogP contribution in [-0.4, -0.2) is 14.6 Å². The lowest BCUT2D eigenvalue weighted by Gasteiger charge is -2.14. The average molecular weight is 290 g/mol. The van der Waals surface area contributed by atoms with Gasteiger partial charge in [-0.25, -0.2) is 14.6 Å². The Morgan fingerprint density at radius 2 is 2.00 bits per heavy atom. The molecule has 0 spiro atoms. The van der Waals surface area contributed by atoms with Gasteiger partial charge in [0.05, 0.1) is 11.2 Å². The first kappa shape index (κ1) is 13.8. The van der Waals surface area contributed by atoms with E-state index in [1.165, 1.54) is 4.68 Å². The maximum absolute atomic E-state index is 12.7. The standard InChI is InChI=1S/C17H14N4O/c1-2-3-11-15-19-14-10-7-12-18-16(14)17(22)21(15)20-13-8-5-4-6-9-13/h1,4-10,12,20H,3,11H2. The summed E-state index contributed by atoms with van der Waals surface area (Å²) in [5, 5.41) is 0. The molecule has 0 aliphatic heterocycles. The number of fused-ring (bicyclic) bond motifs is 1. The number of rotatable bonds is 4. The van der Waals surface area contributed by atoms with Crippen molar-refractivity contribution in [1.82, 2.24) is 14.6 Å². The van der Waals surface area contributed by atoms with E-state index in [4.69, 9.17) is 6.42 Å². The molecule has 3 aromatic rings. The lowest BCUT2D eigenvalue weighted by atomic mass is 10.3. The number of hydrogen-bond donors (Lipinski definition) is 1. The monoisotopic (exact) mass is 290 g/mol. The minimum Gasteiger partial charge on any atom is -0.290 e. The van der Waals surface area contributed by atoms with Crippen LogP contribution >= 0.6 is 0 Å². The Balaban J connectivity index is 2.15. The Morgan fingerprint density at radius 3 is 2.77 bits per heavy atom. The van der Waals surface area contributed by atoms with Crippen molar-refractivity contribution in [2.75, 3.05) is 5.43 Å². The first-order valence-electron chi connectivity index (χ1n) is 6.92. The number of terminal acetylenes is 1. The number of para-hydroxylation sites is 1. The minimum atomic E-state index is -0.235. The maximum Gasteiger partial charge on any atom is 0.298 e. The fourth-order valence-corrected chi connectivity index (χ4v) is 2.17. The van der Waals surface area contributed by atoms with Gasteiger partial charge in [-0.15, -0.1) is 12.3 Å². The highest BCUT2D eigenvalue weighted by molar-refractivity contribution is 5.72. The van der Waals surface area contributed by atoms with E-state index in [1.807, 2.05) is 30.3 Å². The minimum absolute atomic E-state index is 0.235. The van der Waals surface area contributed by atoms with Gasteiger partial charge in [0.15, 0.2) is 5.52 Å². The Hall–Kier alpha value is -3.13. The molecule has 5 heteroatoms. The molecule has 2 aromatic heterocycles. The van der Waals surface area contributed by atoms with Crippen molar-refractivity contribution in [3.63, 3.8) is 0 Å². The summed E-state index contributed by atoms with van der Waals surface area (Å²) >= 11 is 0. The van der Waals surface area contributed by atoms with Crippen molar-refractivity contribution in [3.8, 4) is 12.3 Å². The summed E-state index contributed by atoms with van der Waals surface area (Å²) in [6.07, 6.45) is 7.93. The molecule has 3 rings (SSSR count). The zero-order valence-electron chi connectivity index (χ0n) is 11.9. The molecule has 2 heterocycles. The van der Waals surface area contributed by atoms with E-state index >= 15 is 0 Å². The van der Waals surface area contributed by atoms with Gasteiger partial charge in [-0.05, 0) is 24.3 Å². The van der Waals surface area contributed by atoms with Crippen LogP contribution in [-0.2, 0) is 6.42 Å². The molecule has 0 bridgehead atoms. The van der Waals surface area contributed by atoms with Crippen molar-refractivity contribution < 1.29 is 0 Å². The Kier molecular flexibility index (Phi) is 3.84. The molecule has 0 fully saturated rings. The van der Waals surface area contributed by atoms with E-state index in [0.29, 0.717) is 29.7 Å². The molecule has 0 atom stereocenters. The smallest absolute Gasteiger partial charge is 0.290 e. The summed E-state index contributed by atoms with van der Waals surface area (Å²) in [6.45, 7) is 0. The van der Waals surface area contributed by atoms with Crippen LogP contribution in [0.15, 0.2) is 53.5 Å². The number of pyridine rings is 1. The number of aryl methyl sites for hydroxylation is 1. The van der Waals surface area contributed by atoms with Gasteiger partial charge in [0.1, 0.15) is 5.82 Å². The number of nitrogens with zero attached hydrogens (tertiary/aromatic N) is 3. The average Bonchev–Trinajstić information content (AvgIpc) is 2.57. The van der Waals surface area contributed by atoms with E-state index in [0.717, 1.165) is 5.69 Å². The molecule has 22 heavy (non-hydrogen) atoms. The predicted molar refractivity (Wildman–Crippen MR) is 86.4 cm³/mol. The highest BCUT2D eigenvalue weighted by Gasteiger charge is 2.11. The Bertz CT molecular complexity index is 894. The van der Waals surface area contributed by atoms with Crippen molar-refractivity contribution in [2.45, 2.75) is 12.8 Å². The van der Waals surface area contributed by atoms with Gasteiger partial charge in [0.25, 0.3) is 5.56 Å². The molecule has 1 N–H and O–H groups in total. The molecular weight excluding hydrogens is 276 g/mol. The molecule has 0 aliphatic carbocycles. The molecule has 5 nitrogen and oxygen atoms in total. The molecule has 0 saturated heterocycles. The lowest BCUT2D eigenvalue weighted by Crippen LogP contribution is -2.31. The molecule has 0 amide bonds. The van der Waals surface area contributed by atoms with E-state index in [1.54, 1.807) is 18.3 Å². The zero-order valence-corrected chi connectivity index (χ0v) is 11.9. The summed E-state index contributed by atoms with van der Waals surface area (Å²) in [5.41, 5.74) is 4.54. The van der Waals surface area contributed by atoms with E-state index < -0.39 is 0 Å². The molecule has 0 radical (unpaired) electrons. The number of aromatic nitrogens is 3. The summed E-state index contributed by atoms with van der Waals surface area (Å²) in [4.78, 5) is 21.3. The van der Waals surface area contributed by atoms with E-state index in [2.05, 4.69) is 21.3 Å². The molecular formula is C17H14N4O. The van der Waals surface area contributed by atoms with Gasteiger partial charge in [0.2, 0.25) is 0 Å². The zero-order chi connectivity index (χ0) is 15.4. The Morgan fingerprint density at radius 1 is 1.18 bits per heavy atom. The van der Waals surface area contributed by atoms with Crippen molar-refractivity contribution in [3.05, 3.63) is 64.8 Å². The van der Waals surface area contributed by atoms with E-state index in [-0.39, 0.29) is 5.56 Å². The van der Waals surface area contributed by atoms with Crippen molar-refractivity contribution >= 4 is 16.7 Å². The van der Waals surface area contributed by atoms with Crippen LogP contribution in [0.5, 0.6) is 0 Å². The number of hydrogen-bond acceptors (Lipinski definition) is 4. The molecule has 0 unspecified atom stereocenters. The van der Waals surface area contributed by atoms with Crippen LogP contribution in [0.25, 0.3) is 11.0 Å². The fourth-order valence-electron chi connectivity index (χ4n) is 2.17. The quantitative estimate of drug-likeness (QED) is 0.749. The predicted octanol–water partition coefficient (Wildman–Crippen LogP) is 2.23. The summed E-state index contributed by atoms with van der Waals surface area (Å²) in [6, 6.07) is 13.0.